The first-order chi connectivity index (χ1) is 10.0. The van der Waals surface area contributed by atoms with Gasteiger partial charge in [-0.25, -0.2) is 0 Å². The van der Waals surface area contributed by atoms with E-state index in [1.165, 1.54) is 0 Å². The van der Waals surface area contributed by atoms with Crippen molar-refractivity contribution < 1.29 is 4.74 Å². The van der Waals surface area contributed by atoms with Gasteiger partial charge in [0, 0.05) is 28.9 Å². The number of halogens is 1. The van der Waals surface area contributed by atoms with Gasteiger partial charge >= 0.3 is 0 Å². The van der Waals surface area contributed by atoms with Crippen LogP contribution in [0.5, 0.6) is 5.75 Å². The van der Waals surface area contributed by atoms with Crippen LogP contribution in [0.1, 0.15) is 50.5 Å². The normalized spacial score (nSPS) is 14.0. The molecule has 1 heterocycles. The molecule has 1 aromatic carbocycles. The molecule has 2 rings (SSSR count). The van der Waals surface area contributed by atoms with E-state index in [0.717, 1.165) is 23.4 Å². The van der Waals surface area contributed by atoms with Crippen LogP contribution in [-0.2, 0) is 6.61 Å². The Morgan fingerprint density at radius 3 is 2.76 bits per heavy atom. The Morgan fingerprint density at radius 1 is 1.33 bits per heavy atom. The Balaban J connectivity index is 2.08. The third-order valence-corrected chi connectivity index (χ3v) is 3.78. The lowest BCUT2D eigenvalue weighted by Gasteiger charge is -2.14. The molecule has 0 aliphatic heterocycles. The molecule has 0 spiro atoms. The fraction of sp³-hybridized carbons (Fsp3) is 0.438. The maximum Gasteiger partial charge on any atom is 0.132 e. The molecule has 0 radical (unpaired) electrons. The van der Waals surface area contributed by atoms with E-state index in [9.17, 15) is 0 Å². The highest BCUT2D eigenvalue weighted by Gasteiger charge is 2.10. The number of benzene rings is 1. The minimum absolute atomic E-state index is 0.128. The lowest BCUT2D eigenvalue weighted by Crippen LogP contribution is -2.09. The van der Waals surface area contributed by atoms with E-state index in [4.69, 9.17) is 22.1 Å². The van der Waals surface area contributed by atoms with Crippen molar-refractivity contribution in [3.05, 3.63) is 46.7 Å². The van der Waals surface area contributed by atoms with E-state index >= 15 is 0 Å². The molecule has 5 heteroatoms. The smallest absolute Gasteiger partial charge is 0.132 e. The van der Waals surface area contributed by atoms with Crippen LogP contribution >= 0.6 is 11.6 Å². The van der Waals surface area contributed by atoms with Crippen molar-refractivity contribution in [3.63, 3.8) is 0 Å². The van der Waals surface area contributed by atoms with Gasteiger partial charge in [-0.2, -0.15) is 5.10 Å². The van der Waals surface area contributed by atoms with Crippen LogP contribution in [0.4, 0.5) is 0 Å². The molecule has 0 amide bonds. The Hall–Kier alpha value is -1.52. The van der Waals surface area contributed by atoms with Gasteiger partial charge in [-0.05, 0) is 44.5 Å². The van der Waals surface area contributed by atoms with Crippen molar-refractivity contribution in [2.75, 3.05) is 0 Å². The third-order valence-electron chi connectivity index (χ3n) is 3.54. The van der Waals surface area contributed by atoms with Gasteiger partial charge in [-0.15, -0.1) is 0 Å². The highest BCUT2D eigenvalue weighted by Crippen LogP contribution is 2.27. The van der Waals surface area contributed by atoms with Gasteiger partial charge in [0.2, 0.25) is 0 Å². The van der Waals surface area contributed by atoms with Crippen LogP contribution in [0.2, 0.25) is 5.02 Å². The Bertz CT molecular complexity index is 595. The third kappa shape index (κ3) is 3.99. The molecule has 1 aromatic heterocycles. The quantitative estimate of drug-likeness (QED) is 0.874. The van der Waals surface area contributed by atoms with E-state index in [1.54, 1.807) is 6.07 Å². The number of hydrogen-bond acceptors (Lipinski definition) is 3. The van der Waals surface area contributed by atoms with Crippen LogP contribution < -0.4 is 10.5 Å². The molecule has 1 unspecified atom stereocenters. The number of nitrogens with two attached hydrogens (primary N) is 1. The summed E-state index contributed by atoms with van der Waals surface area (Å²) in [7, 11) is 0. The second-order valence-electron chi connectivity index (χ2n) is 5.30. The first-order valence-corrected chi connectivity index (χ1v) is 7.61. The molecule has 0 saturated carbocycles. The van der Waals surface area contributed by atoms with E-state index in [-0.39, 0.29) is 6.04 Å². The zero-order valence-electron chi connectivity index (χ0n) is 12.7. The van der Waals surface area contributed by atoms with Gasteiger partial charge in [0.05, 0.1) is 5.69 Å². The fourth-order valence-corrected chi connectivity index (χ4v) is 2.23. The SMILES string of the molecule is CCC(C)n1ccc(COc2ccc(Cl)cc2[C@@H](C)N)n1. The number of hydrogen-bond donors (Lipinski definition) is 1. The molecule has 0 aliphatic carbocycles. The maximum atomic E-state index is 6.01. The van der Waals surface area contributed by atoms with Crippen molar-refractivity contribution in [2.45, 2.75) is 45.9 Å². The van der Waals surface area contributed by atoms with Crippen LogP contribution in [-0.4, -0.2) is 9.78 Å². The lowest BCUT2D eigenvalue weighted by atomic mass is 10.1. The number of aromatic nitrogens is 2. The number of ether oxygens (including phenoxy) is 1. The van der Waals surface area contributed by atoms with Gasteiger partial charge in [0.15, 0.2) is 0 Å². The van der Waals surface area contributed by atoms with E-state index in [0.29, 0.717) is 17.7 Å². The highest BCUT2D eigenvalue weighted by molar-refractivity contribution is 6.30. The zero-order chi connectivity index (χ0) is 15.4. The first-order valence-electron chi connectivity index (χ1n) is 7.23. The summed E-state index contributed by atoms with van der Waals surface area (Å²) in [5.74, 6) is 0.757. The van der Waals surface area contributed by atoms with Crippen molar-refractivity contribution >= 4 is 11.6 Å². The summed E-state index contributed by atoms with van der Waals surface area (Å²) in [6.07, 6.45) is 3.04. The molecular weight excluding hydrogens is 286 g/mol. The second kappa shape index (κ2) is 6.96. The molecule has 2 atom stereocenters. The Morgan fingerprint density at radius 2 is 2.10 bits per heavy atom. The Kier molecular flexibility index (Phi) is 5.26. The number of nitrogens with zero attached hydrogens (tertiary/aromatic N) is 2. The van der Waals surface area contributed by atoms with Gasteiger partial charge in [-0.3, -0.25) is 4.68 Å². The maximum absolute atomic E-state index is 6.01. The summed E-state index contributed by atoms with van der Waals surface area (Å²) in [4.78, 5) is 0. The van der Waals surface area contributed by atoms with Gasteiger partial charge < -0.3 is 10.5 Å². The first kappa shape index (κ1) is 15.9. The average Bonchev–Trinajstić information content (AvgIpc) is 2.93. The Labute approximate surface area is 130 Å². The van der Waals surface area contributed by atoms with Crippen LogP contribution in [0, 0.1) is 0 Å². The van der Waals surface area contributed by atoms with Crippen molar-refractivity contribution in [3.8, 4) is 5.75 Å². The molecule has 21 heavy (non-hydrogen) atoms. The topological polar surface area (TPSA) is 53.1 Å². The zero-order valence-corrected chi connectivity index (χ0v) is 13.5. The summed E-state index contributed by atoms with van der Waals surface area (Å²) in [5.41, 5.74) is 7.77. The second-order valence-corrected chi connectivity index (χ2v) is 5.74. The molecule has 0 saturated heterocycles. The molecule has 0 fully saturated rings. The highest BCUT2D eigenvalue weighted by atomic mass is 35.5. The number of rotatable bonds is 6. The van der Waals surface area contributed by atoms with E-state index < -0.39 is 0 Å². The standard InChI is InChI=1S/C16H22ClN3O/c1-4-11(2)20-8-7-14(19-20)10-21-16-6-5-13(17)9-15(16)12(3)18/h5-9,11-12H,4,10,18H2,1-3H3/t11?,12-/m1/s1. The van der Waals surface area contributed by atoms with Gasteiger partial charge in [0.25, 0.3) is 0 Å². The molecule has 0 bridgehead atoms. The van der Waals surface area contributed by atoms with Crippen molar-refractivity contribution in [1.29, 1.82) is 0 Å². The van der Waals surface area contributed by atoms with Crippen LogP contribution in [0.15, 0.2) is 30.5 Å². The molecule has 0 aliphatic rings. The summed E-state index contributed by atoms with van der Waals surface area (Å²) >= 11 is 6.01. The lowest BCUT2D eigenvalue weighted by molar-refractivity contribution is 0.293. The van der Waals surface area contributed by atoms with E-state index in [2.05, 4.69) is 18.9 Å². The van der Waals surface area contributed by atoms with E-state index in [1.807, 2.05) is 36.0 Å². The summed E-state index contributed by atoms with van der Waals surface area (Å²) in [6.45, 7) is 6.62. The summed E-state index contributed by atoms with van der Waals surface area (Å²) in [5, 5.41) is 5.19. The predicted octanol–water partition coefficient (Wildman–Crippen LogP) is 4.11. The molecule has 4 nitrogen and oxygen atoms in total. The fourth-order valence-electron chi connectivity index (χ4n) is 2.05. The van der Waals surface area contributed by atoms with Crippen molar-refractivity contribution in [1.82, 2.24) is 9.78 Å². The minimum Gasteiger partial charge on any atom is -0.487 e. The van der Waals surface area contributed by atoms with Gasteiger partial charge in [-0.1, -0.05) is 18.5 Å². The van der Waals surface area contributed by atoms with Crippen molar-refractivity contribution in [2.24, 2.45) is 5.73 Å². The molecule has 114 valence electrons. The average molecular weight is 308 g/mol. The predicted molar refractivity (Wildman–Crippen MR) is 85.6 cm³/mol. The largest absolute Gasteiger partial charge is 0.487 e. The molecule has 2 aromatic rings. The monoisotopic (exact) mass is 307 g/mol. The molecule has 2 N–H and O–H groups in total. The minimum atomic E-state index is -0.128. The molecular formula is C16H22ClN3O. The van der Waals surface area contributed by atoms with Crippen LogP contribution in [0.25, 0.3) is 0 Å². The summed E-state index contributed by atoms with van der Waals surface area (Å²) < 4.78 is 7.82. The van der Waals surface area contributed by atoms with Gasteiger partial charge in [0.1, 0.15) is 12.4 Å². The van der Waals surface area contributed by atoms with Crippen LogP contribution in [0.3, 0.4) is 0 Å². The summed E-state index contributed by atoms with van der Waals surface area (Å²) in [6, 6.07) is 7.76.